The van der Waals surface area contributed by atoms with Gasteiger partial charge in [0.1, 0.15) is 0 Å². The minimum Gasteiger partial charge on any atom is -0.393 e. The molecule has 1 saturated heterocycles. The molecule has 2 heteroatoms. The third-order valence-corrected chi connectivity index (χ3v) is 5.48. The number of nitrogens with zero attached hydrogens (tertiary/aromatic N) is 1. The maximum absolute atomic E-state index is 9.94. The summed E-state index contributed by atoms with van der Waals surface area (Å²) in [6.07, 6.45) is 10.3. The van der Waals surface area contributed by atoms with Gasteiger partial charge in [0.2, 0.25) is 0 Å². The summed E-state index contributed by atoms with van der Waals surface area (Å²) in [5.74, 6) is 0.859. The van der Waals surface area contributed by atoms with E-state index in [2.05, 4.69) is 11.8 Å². The van der Waals surface area contributed by atoms with Crippen molar-refractivity contribution in [3.8, 4) is 0 Å². The summed E-state index contributed by atoms with van der Waals surface area (Å²) in [6, 6.07) is 0.693. The van der Waals surface area contributed by atoms with Gasteiger partial charge in [-0.05, 0) is 62.8 Å². The molecule has 0 radical (unpaired) electrons. The Morgan fingerprint density at radius 2 is 2.06 bits per heavy atom. The summed E-state index contributed by atoms with van der Waals surface area (Å²) in [7, 11) is 0. The number of aliphatic hydroxyl groups is 1. The molecule has 3 fully saturated rings. The number of rotatable bonds is 3. The van der Waals surface area contributed by atoms with Crippen molar-refractivity contribution in [2.45, 2.75) is 70.4 Å². The van der Waals surface area contributed by atoms with Gasteiger partial charge in [0.25, 0.3) is 0 Å². The number of likely N-dealkylation sites (tertiary alicyclic amines) is 1. The Morgan fingerprint density at radius 3 is 2.71 bits per heavy atom. The normalized spacial score (nSPS) is 40.9. The molecule has 1 N–H and O–H groups in total. The maximum atomic E-state index is 9.94. The topological polar surface area (TPSA) is 23.5 Å². The summed E-state index contributed by atoms with van der Waals surface area (Å²) >= 11 is 0. The van der Waals surface area contributed by atoms with E-state index in [0.29, 0.717) is 6.04 Å². The lowest BCUT2D eigenvalue weighted by atomic mass is 9.79. The largest absolute Gasteiger partial charge is 0.393 e. The van der Waals surface area contributed by atoms with Gasteiger partial charge in [0, 0.05) is 12.6 Å². The van der Waals surface area contributed by atoms with E-state index < -0.39 is 0 Å². The van der Waals surface area contributed by atoms with Crippen LogP contribution in [-0.4, -0.2) is 35.2 Å². The summed E-state index contributed by atoms with van der Waals surface area (Å²) in [5.41, 5.74) is 0.735. The van der Waals surface area contributed by atoms with Crippen LogP contribution in [0.2, 0.25) is 0 Å². The Labute approximate surface area is 105 Å². The van der Waals surface area contributed by atoms with Crippen molar-refractivity contribution in [1.29, 1.82) is 0 Å². The third kappa shape index (κ3) is 2.39. The molecule has 0 aromatic heterocycles. The summed E-state index contributed by atoms with van der Waals surface area (Å²) in [6.45, 7) is 4.94. The average molecular weight is 237 g/mol. The van der Waals surface area contributed by atoms with Crippen molar-refractivity contribution in [3.05, 3.63) is 0 Å². The number of hydrogen-bond donors (Lipinski definition) is 1. The second-order valence-corrected chi connectivity index (χ2v) is 6.80. The van der Waals surface area contributed by atoms with Crippen LogP contribution < -0.4 is 0 Å². The van der Waals surface area contributed by atoms with E-state index in [9.17, 15) is 5.11 Å². The van der Waals surface area contributed by atoms with Crippen molar-refractivity contribution < 1.29 is 5.11 Å². The first kappa shape index (κ1) is 12.0. The van der Waals surface area contributed by atoms with Crippen molar-refractivity contribution >= 4 is 0 Å². The molecule has 0 amide bonds. The molecule has 2 aliphatic carbocycles. The fourth-order valence-corrected chi connectivity index (χ4v) is 4.18. The van der Waals surface area contributed by atoms with E-state index in [-0.39, 0.29) is 6.10 Å². The van der Waals surface area contributed by atoms with E-state index >= 15 is 0 Å². The first-order valence-electron chi connectivity index (χ1n) is 7.64. The lowest BCUT2D eigenvalue weighted by Crippen LogP contribution is -2.44. The molecule has 1 heterocycles. The van der Waals surface area contributed by atoms with E-state index in [4.69, 9.17) is 0 Å². The first-order chi connectivity index (χ1) is 8.22. The average Bonchev–Trinajstić information content (AvgIpc) is 2.92. The van der Waals surface area contributed by atoms with Gasteiger partial charge in [0.15, 0.2) is 0 Å². The molecule has 3 aliphatic rings. The molecule has 0 aromatic carbocycles. The molecule has 2 nitrogen and oxygen atoms in total. The van der Waals surface area contributed by atoms with Crippen molar-refractivity contribution in [3.63, 3.8) is 0 Å². The molecule has 3 rings (SSSR count). The zero-order valence-electron chi connectivity index (χ0n) is 11.2. The third-order valence-electron chi connectivity index (χ3n) is 5.48. The summed E-state index contributed by atoms with van der Waals surface area (Å²) in [4.78, 5) is 2.73. The lowest BCUT2D eigenvalue weighted by molar-refractivity contribution is 0.0318. The second kappa shape index (κ2) is 4.55. The molecule has 3 atom stereocenters. The standard InChI is InChI=1S/C15H27NO/c1-2-3-12-4-5-13(17)10-14(12)16-9-8-15(11-16)6-7-15/h12-14,17H,2-11H2,1H3. The van der Waals surface area contributed by atoms with E-state index in [0.717, 1.165) is 24.2 Å². The van der Waals surface area contributed by atoms with Crippen LogP contribution in [0.25, 0.3) is 0 Å². The van der Waals surface area contributed by atoms with Gasteiger partial charge in [-0.1, -0.05) is 13.3 Å². The highest BCUT2D eigenvalue weighted by molar-refractivity contribution is 5.03. The predicted molar refractivity (Wildman–Crippen MR) is 69.9 cm³/mol. The Bertz CT molecular complexity index is 274. The van der Waals surface area contributed by atoms with Crippen molar-refractivity contribution in [2.24, 2.45) is 11.3 Å². The van der Waals surface area contributed by atoms with Gasteiger partial charge in [-0.3, -0.25) is 4.90 Å². The van der Waals surface area contributed by atoms with Gasteiger partial charge in [-0.2, -0.15) is 0 Å². The maximum Gasteiger partial charge on any atom is 0.0555 e. The molecule has 17 heavy (non-hydrogen) atoms. The summed E-state index contributed by atoms with van der Waals surface area (Å²) < 4.78 is 0. The zero-order valence-corrected chi connectivity index (χ0v) is 11.2. The molecule has 1 spiro atoms. The lowest BCUT2D eigenvalue weighted by Gasteiger charge is -2.40. The van der Waals surface area contributed by atoms with Gasteiger partial charge >= 0.3 is 0 Å². The van der Waals surface area contributed by atoms with Gasteiger partial charge in [0.05, 0.1) is 6.10 Å². The SMILES string of the molecule is CCCC1CCC(O)CC1N1CCC2(CC2)C1. The van der Waals surface area contributed by atoms with Crippen LogP contribution in [0.5, 0.6) is 0 Å². The summed E-state index contributed by atoms with van der Waals surface area (Å²) in [5, 5.41) is 9.94. The molecular formula is C15H27NO. The van der Waals surface area contributed by atoms with E-state index in [1.54, 1.807) is 0 Å². The highest BCUT2D eigenvalue weighted by atomic mass is 16.3. The molecule has 98 valence electrons. The molecule has 0 aromatic rings. The Kier molecular flexibility index (Phi) is 3.20. The monoisotopic (exact) mass is 237 g/mol. The second-order valence-electron chi connectivity index (χ2n) is 6.80. The van der Waals surface area contributed by atoms with Crippen molar-refractivity contribution in [1.82, 2.24) is 4.90 Å². The predicted octanol–water partition coefficient (Wildman–Crippen LogP) is 2.80. The molecule has 0 bridgehead atoms. The van der Waals surface area contributed by atoms with Crippen LogP contribution in [0, 0.1) is 11.3 Å². The fourth-order valence-electron chi connectivity index (χ4n) is 4.18. The van der Waals surface area contributed by atoms with Gasteiger partial charge < -0.3 is 5.11 Å². The van der Waals surface area contributed by atoms with Crippen LogP contribution in [0.4, 0.5) is 0 Å². The molecule has 1 aliphatic heterocycles. The van der Waals surface area contributed by atoms with Crippen LogP contribution >= 0.6 is 0 Å². The zero-order chi connectivity index (χ0) is 11.9. The quantitative estimate of drug-likeness (QED) is 0.816. The van der Waals surface area contributed by atoms with Gasteiger partial charge in [-0.25, -0.2) is 0 Å². The van der Waals surface area contributed by atoms with Crippen LogP contribution in [0.15, 0.2) is 0 Å². The van der Waals surface area contributed by atoms with Gasteiger partial charge in [-0.15, -0.1) is 0 Å². The molecule has 2 saturated carbocycles. The van der Waals surface area contributed by atoms with Crippen LogP contribution in [-0.2, 0) is 0 Å². The van der Waals surface area contributed by atoms with E-state index in [1.165, 1.54) is 51.6 Å². The highest BCUT2D eigenvalue weighted by Crippen LogP contribution is 2.54. The minimum atomic E-state index is -0.0242. The Hall–Kier alpha value is -0.0800. The van der Waals surface area contributed by atoms with E-state index in [1.807, 2.05) is 0 Å². The number of aliphatic hydroxyl groups excluding tert-OH is 1. The highest BCUT2D eigenvalue weighted by Gasteiger charge is 2.50. The smallest absolute Gasteiger partial charge is 0.0555 e. The first-order valence-corrected chi connectivity index (χ1v) is 7.64. The van der Waals surface area contributed by atoms with Crippen LogP contribution in [0.3, 0.4) is 0 Å². The molecular weight excluding hydrogens is 210 g/mol. The fraction of sp³-hybridized carbons (Fsp3) is 1.00. The van der Waals surface area contributed by atoms with Crippen molar-refractivity contribution in [2.75, 3.05) is 13.1 Å². The minimum absolute atomic E-state index is 0.0242. The Morgan fingerprint density at radius 1 is 1.24 bits per heavy atom. The molecule has 3 unspecified atom stereocenters. The Balaban J connectivity index is 1.65. The van der Waals surface area contributed by atoms with Crippen LogP contribution in [0.1, 0.15) is 58.3 Å². The number of hydrogen-bond acceptors (Lipinski definition) is 2.